The molecule has 0 unspecified atom stereocenters. The van der Waals surface area contributed by atoms with E-state index < -0.39 is 11.7 Å². The summed E-state index contributed by atoms with van der Waals surface area (Å²) in [6.45, 7) is 2.33. The molecule has 1 aliphatic rings. The number of alkyl halides is 3. The van der Waals surface area contributed by atoms with Crippen LogP contribution in [-0.4, -0.2) is 29.1 Å². The largest absolute Gasteiger partial charge is 0.417 e. The molecule has 0 radical (unpaired) electrons. The van der Waals surface area contributed by atoms with Crippen LogP contribution in [-0.2, 0) is 12.7 Å². The lowest BCUT2D eigenvalue weighted by atomic mass is 10.0. The number of rotatable bonds is 4. The Hall–Kier alpha value is -1.67. The molecule has 0 saturated carbocycles. The van der Waals surface area contributed by atoms with Gasteiger partial charge >= 0.3 is 6.18 Å². The summed E-state index contributed by atoms with van der Waals surface area (Å²) in [5.41, 5.74) is 2.15. The van der Waals surface area contributed by atoms with E-state index in [0.717, 1.165) is 50.4 Å². The van der Waals surface area contributed by atoms with Gasteiger partial charge in [-0.05, 0) is 25.0 Å². The van der Waals surface area contributed by atoms with E-state index in [0.29, 0.717) is 11.9 Å². The van der Waals surface area contributed by atoms with Gasteiger partial charge in [-0.2, -0.15) is 13.2 Å². The molecule has 8 heteroatoms. The van der Waals surface area contributed by atoms with Gasteiger partial charge < -0.3 is 10.2 Å². The second kappa shape index (κ2) is 6.84. The highest BCUT2D eigenvalue weighted by atomic mass is 32.1. The van der Waals surface area contributed by atoms with Gasteiger partial charge in [-0.15, -0.1) is 11.3 Å². The molecule has 0 spiro atoms. The normalized spacial score (nSPS) is 16.7. The zero-order valence-electron chi connectivity index (χ0n) is 12.4. The summed E-state index contributed by atoms with van der Waals surface area (Å²) in [6.07, 6.45) is -1.56. The molecule has 3 rings (SSSR count). The number of piperidine rings is 1. The monoisotopic (exact) mass is 342 g/mol. The van der Waals surface area contributed by atoms with Crippen LogP contribution in [0.25, 0.3) is 0 Å². The molecular formula is C15H17F3N4S. The van der Waals surface area contributed by atoms with E-state index in [4.69, 9.17) is 0 Å². The predicted molar refractivity (Wildman–Crippen MR) is 83.4 cm³/mol. The van der Waals surface area contributed by atoms with Crippen LogP contribution in [0.15, 0.2) is 29.2 Å². The molecule has 0 aromatic carbocycles. The Labute approximate surface area is 136 Å². The minimum absolute atomic E-state index is 0.405. The van der Waals surface area contributed by atoms with E-state index in [2.05, 4.69) is 15.3 Å². The summed E-state index contributed by atoms with van der Waals surface area (Å²) >= 11 is 1.58. The molecular weight excluding hydrogens is 325 g/mol. The lowest BCUT2D eigenvalue weighted by Gasteiger charge is -2.33. The number of hydrogen-bond acceptors (Lipinski definition) is 5. The van der Waals surface area contributed by atoms with Gasteiger partial charge in [0.05, 0.1) is 16.8 Å². The maximum atomic E-state index is 12.5. The van der Waals surface area contributed by atoms with Crippen molar-refractivity contribution in [3.8, 4) is 0 Å². The second-order valence-electron chi connectivity index (χ2n) is 5.52. The molecule has 0 bridgehead atoms. The molecule has 1 saturated heterocycles. The number of nitrogens with one attached hydrogen (secondary N) is 1. The van der Waals surface area contributed by atoms with Crippen molar-refractivity contribution in [2.45, 2.75) is 31.6 Å². The summed E-state index contributed by atoms with van der Waals surface area (Å²) in [7, 11) is 0. The average molecular weight is 342 g/mol. The molecule has 0 aliphatic carbocycles. The quantitative estimate of drug-likeness (QED) is 0.925. The van der Waals surface area contributed by atoms with Crippen molar-refractivity contribution in [2.24, 2.45) is 0 Å². The number of hydrogen-bond donors (Lipinski definition) is 1. The number of halogens is 3. The Bertz CT molecular complexity index is 605. The van der Waals surface area contributed by atoms with Crippen LogP contribution in [0.4, 0.5) is 19.0 Å². The fourth-order valence-electron chi connectivity index (χ4n) is 2.63. The van der Waals surface area contributed by atoms with Gasteiger partial charge in [0, 0.05) is 37.3 Å². The Kier molecular flexibility index (Phi) is 4.82. The molecule has 2 aromatic heterocycles. The van der Waals surface area contributed by atoms with Gasteiger partial charge in [-0.1, -0.05) is 0 Å². The van der Waals surface area contributed by atoms with Crippen LogP contribution >= 0.6 is 11.3 Å². The number of pyridine rings is 1. The minimum atomic E-state index is -4.34. The smallest absolute Gasteiger partial charge is 0.357 e. The first-order chi connectivity index (χ1) is 11.0. The molecule has 3 heterocycles. The van der Waals surface area contributed by atoms with E-state index in [1.54, 1.807) is 11.3 Å². The van der Waals surface area contributed by atoms with E-state index in [9.17, 15) is 13.2 Å². The Morgan fingerprint density at radius 1 is 1.22 bits per heavy atom. The first-order valence-electron chi connectivity index (χ1n) is 7.41. The van der Waals surface area contributed by atoms with Gasteiger partial charge in [-0.25, -0.2) is 9.97 Å². The van der Waals surface area contributed by atoms with Gasteiger partial charge in [0.15, 0.2) is 0 Å². The molecule has 0 amide bonds. The van der Waals surface area contributed by atoms with Crippen molar-refractivity contribution in [3.05, 3.63) is 40.5 Å². The summed E-state index contributed by atoms with van der Waals surface area (Å²) in [6, 6.07) is 2.95. The lowest BCUT2D eigenvalue weighted by Crippen LogP contribution is -2.42. The fourth-order valence-corrected chi connectivity index (χ4v) is 3.19. The van der Waals surface area contributed by atoms with Gasteiger partial charge in [0.2, 0.25) is 0 Å². The maximum absolute atomic E-state index is 12.5. The topological polar surface area (TPSA) is 41.0 Å². The minimum Gasteiger partial charge on any atom is -0.357 e. The van der Waals surface area contributed by atoms with Crippen molar-refractivity contribution in [2.75, 3.05) is 18.0 Å². The van der Waals surface area contributed by atoms with E-state index in [1.807, 2.05) is 15.8 Å². The van der Waals surface area contributed by atoms with Gasteiger partial charge in [0.25, 0.3) is 0 Å². The van der Waals surface area contributed by atoms with Gasteiger partial charge in [-0.3, -0.25) is 0 Å². The molecule has 1 fully saturated rings. The summed E-state index contributed by atoms with van der Waals surface area (Å²) in [4.78, 5) is 10.2. The first kappa shape index (κ1) is 16.2. The van der Waals surface area contributed by atoms with E-state index in [-0.39, 0.29) is 0 Å². The first-order valence-corrected chi connectivity index (χ1v) is 8.35. The van der Waals surface area contributed by atoms with Crippen molar-refractivity contribution in [1.82, 2.24) is 15.3 Å². The molecule has 23 heavy (non-hydrogen) atoms. The van der Waals surface area contributed by atoms with E-state index in [1.165, 1.54) is 6.07 Å². The third kappa shape index (κ3) is 4.20. The fraction of sp³-hybridized carbons (Fsp3) is 0.467. The number of aromatic nitrogens is 2. The Balaban J connectivity index is 1.50. The number of nitrogens with zero attached hydrogens (tertiary/aromatic N) is 3. The zero-order valence-corrected chi connectivity index (χ0v) is 13.2. The molecule has 1 aliphatic heterocycles. The van der Waals surface area contributed by atoms with Crippen molar-refractivity contribution >= 4 is 17.2 Å². The lowest BCUT2D eigenvalue weighted by molar-refractivity contribution is -0.137. The SMILES string of the molecule is FC(F)(F)c1ccc(N2CCC(NCc3cscn3)CC2)nc1. The third-order valence-electron chi connectivity index (χ3n) is 3.95. The summed E-state index contributed by atoms with van der Waals surface area (Å²) in [5.74, 6) is 0.607. The number of thiazole rings is 1. The van der Waals surface area contributed by atoms with Crippen molar-refractivity contribution in [1.29, 1.82) is 0 Å². The molecule has 0 atom stereocenters. The van der Waals surface area contributed by atoms with Crippen LogP contribution in [0.2, 0.25) is 0 Å². The third-order valence-corrected chi connectivity index (χ3v) is 4.58. The average Bonchev–Trinajstić information content (AvgIpc) is 3.06. The predicted octanol–water partition coefficient (Wildman–Crippen LogP) is 3.32. The van der Waals surface area contributed by atoms with Crippen LogP contribution < -0.4 is 10.2 Å². The summed E-state index contributed by atoms with van der Waals surface area (Å²) < 4.78 is 37.6. The van der Waals surface area contributed by atoms with Crippen LogP contribution in [0.5, 0.6) is 0 Å². The maximum Gasteiger partial charge on any atom is 0.417 e. The molecule has 4 nitrogen and oxygen atoms in total. The zero-order chi connectivity index (χ0) is 16.3. The van der Waals surface area contributed by atoms with Crippen LogP contribution in [0, 0.1) is 0 Å². The molecule has 124 valence electrons. The second-order valence-corrected chi connectivity index (χ2v) is 6.24. The van der Waals surface area contributed by atoms with Crippen LogP contribution in [0.3, 0.4) is 0 Å². The summed E-state index contributed by atoms with van der Waals surface area (Å²) in [5, 5.41) is 5.50. The molecule has 1 N–H and O–H groups in total. The molecule has 2 aromatic rings. The standard InChI is InChI=1S/C15H17F3N4S/c16-15(17,18)11-1-2-14(20-7-11)22-5-3-12(4-6-22)19-8-13-9-23-10-21-13/h1-2,7,9-10,12,19H,3-6,8H2. The highest BCUT2D eigenvalue weighted by Gasteiger charge is 2.31. The Morgan fingerprint density at radius 3 is 2.57 bits per heavy atom. The Morgan fingerprint density at radius 2 is 2.00 bits per heavy atom. The highest BCUT2D eigenvalue weighted by molar-refractivity contribution is 7.07. The van der Waals surface area contributed by atoms with E-state index >= 15 is 0 Å². The number of anilines is 1. The van der Waals surface area contributed by atoms with Crippen molar-refractivity contribution < 1.29 is 13.2 Å². The highest BCUT2D eigenvalue weighted by Crippen LogP contribution is 2.29. The van der Waals surface area contributed by atoms with Gasteiger partial charge in [0.1, 0.15) is 5.82 Å². The van der Waals surface area contributed by atoms with Crippen LogP contribution in [0.1, 0.15) is 24.1 Å². The van der Waals surface area contributed by atoms with Crippen molar-refractivity contribution in [3.63, 3.8) is 0 Å².